The van der Waals surface area contributed by atoms with Crippen LogP contribution in [-0.4, -0.2) is 21.5 Å². The van der Waals surface area contributed by atoms with E-state index in [2.05, 4.69) is 64.8 Å². The largest absolute Gasteiger partial charge is 0.369 e. The lowest BCUT2D eigenvalue weighted by Gasteiger charge is -2.09. The molecule has 0 fully saturated rings. The van der Waals surface area contributed by atoms with Gasteiger partial charge in [-0.05, 0) is 37.0 Å². The van der Waals surface area contributed by atoms with E-state index in [0.717, 1.165) is 59.4 Å². The standard InChI is InChI=1S/C25H24N4S/c1-2-3-5-12-21-18-30-23-22(21)28-24(20-13-16-26-17-14-20)29-25(23)27-15-8-11-19-9-6-4-7-10-19/h4,6-7,9-10,13-14,16-18H,2-3,8,11,15H2,1H3,(H,27,28,29). The van der Waals surface area contributed by atoms with Crippen LogP contribution in [0, 0.1) is 11.8 Å². The maximum atomic E-state index is 4.85. The van der Waals surface area contributed by atoms with Crippen LogP contribution in [0.5, 0.6) is 0 Å². The summed E-state index contributed by atoms with van der Waals surface area (Å²) in [6.07, 6.45) is 7.56. The topological polar surface area (TPSA) is 50.7 Å². The van der Waals surface area contributed by atoms with E-state index in [-0.39, 0.29) is 0 Å². The second-order valence-electron chi connectivity index (χ2n) is 7.03. The summed E-state index contributed by atoms with van der Waals surface area (Å²) in [4.78, 5) is 13.8. The Morgan fingerprint density at radius 2 is 1.87 bits per heavy atom. The predicted molar refractivity (Wildman–Crippen MR) is 126 cm³/mol. The monoisotopic (exact) mass is 412 g/mol. The number of anilines is 1. The molecule has 0 spiro atoms. The highest BCUT2D eigenvalue weighted by Crippen LogP contribution is 2.32. The number of nitrogens with zero attached hydrogens (tertiary/aromatic N) is 3. The number of fused-ring (bicyclic) bond motifs is 1. The molecule has 5 heteroatoms. The molecule has 1 aromatic carbocycles. The summed E-state index contributed by atoms with van der Waals surface area (Å²) in [5, 5.41) is 5.63. The zero-order valence-corrected chi connectivity index (χ0v) is 17.9. The number of thiophene rings is 1. The van der Waals surface area contributed by atoms with E-state index in [1.807, 2.05) is 12.1 Å². The van der Waals surface area contributed by atoms with Crippen molar-refractivity contribution in [3.8, 4) is 23.2 Å². The number of hydrogen-bond donors (Lipinski definition) is 1. The van der Waals surface area contributed by atoms with Crippen molar-refractivity contribution in [2.24, 2.45) is 0 Å². The third-order valence-corrected chi connectivity index (χ3v) is 5.71. The normalized spacial score (nSPS) is 10.6. The Morgan fingerprint density at radius 3 is 2.67 bits per heavy atom. The van der Waals surface area contributed by atoms with Gasteiger partial charge in [0, 0.05) is 36.3 Å². The fourth-order valence-corrected chi connectivity index (χ4v) is 4.09. The minimum absolute atomic E-state index is 0.701. The van der Waals surface area contributed by atoms with E-state index in [4.69, 9.17) is 9.97 Å². The van der Waals surface area contributed by atoms with E-state index in [1.165, 1.54) is 5.56 Å². The summed E-state index contributed by atoms with van der Waals surface area (Å²) in [5.41, 5.74) is 4.22. The zero-order valence-electron chi connectivity index (χ0n) is 17.1. The zero-order chi connectivity index (χ0) is 20.6. The number of aromatic nitrogens is 3. The van der Waals surface area contributed by atoms with Gasteiger partial charge < -0.3 is 5.32 Å². The van der Waals surface area contributed by atoms with Crippen LogP contribution in [0.25, 0.3) is 21.6 Å². The number of nitrogens with one attached hydrogen (secondary N) is 1. The van der Waals surface area contributed by atoms with Crippen LogP contribution in [-0.2, 0) is 6.42 Å². The van der Waals surface area contributed by atoms with Crippen LogP contribution in [0.15, 0.2) is 60.2 Å². The Kier molecular flexibility index (Phi) is 6.68. The first-order chi connectivity index (χ1) is 14.8. The van der Waals surface area contributed by atoms with Crippen LogP contribution in [0.2, 0.25) is 0 Å². The molecule has 0 bridgehead atoms. The fraction of sp³-hybridized carbons (Fsp3) is 0.240. The van der Waals surface area contributed by atoms with Gasteiger partial charge in [0.2, 0.25) is 0 Å². The predicted octanol–water partition coefficient (Wildman–Crippen LogP) is 5.95. The first-order valence-electron chi connectivity index (χ1n) is 10.3. The van der Waals surface area contributed by atoms with E-state index >= 15 is 0 Å². The summed E-state index contributed by atoms with van der Waals surface area (Å²) < 4.78 is 1.06. The van der Waals surface area contributed by atoms with Crippen LogP contribution in [0.4, 0.5) is 5.82 Å². The lowest BCUT2D eigenvalue weighted by molar-refractivity contribution is 0.860. The van der Waals surface area contributed by atoms with Gasteiger partial charge >= 0.3 is 0 Å². The Balaban J connectivity index is 1.61. The summed E-state index contributed by atoms with van der Waals surface area (Å²) in [6, 6.07) is 14.5. The van der Waals surface area contributed by atoms with E-state index in [0.29, 0.717) is 5.82 Å². The molecule has 0 aliphatic heterocycles. The molecule has 0 aliphatic rings. The van der Waals surface area contributed by atoms with Crippen LogP contribution in [0.3, 0.4) is 0 Å². The van der Waals surface area contributed by atoms with Gasteiger partial charge in [-0.2, -0.15) is 0 Å². The van der Waals surface area contributed by atoms with Gasteiger partial charge in [0.15, 0.2) is 5.82 Å². The lowest BCUT2D eigenvalue weighted by atomic mass is 10.1. The smallest absolute Gasteiger partial charge is 0.162 e. The number of aryl methyl sites for hydroxylation is 1. The van der Waals surface area contributed by atoms with Crippen molar-refractivity contribution >= 4 is 27.4 Å². The van der Waals surface area contributed by atoms with Gasteiger partial charge in [-0.3, -0.25) is 4.98 Å². The summed E-state index contributed by atoms with van der Waals surface area (Å²) in [7, 11) is 0. The average Bonchev–Trinajstić information content (AvgIpc) is 3.21. The van der Waals surface area contributed by atoms with Crippen LogP contribution < -0.4 is 5.32 Å². The van der Waals surface area contributed by atoms with Gasteiger partial charge in [0.1, 0.15) is 11.3 Å². The highest BCUT2D eigenvalue weighted by Gasteiger charge is 2.14. The maximum Gasteiger partial charge on any atom is 0.162 e. The molecular formula is C25H24N4S. The molecule has 0 aliphatic carbocycles. The molecule has 3 aromatic heterocycles. The molecule has 0 saturated carbocycles. The molecule has 0 radical (unpaired) electrons. The van der Waals surface area contributed by atoms with Gasteiger partial charge in [0.25, 0.3) is 0 Å². The van der Waals surface area contributed by atoms with Crippen molar-refractivity contribution < 1.29 is 0 Å². The minimum Gasteiger partial charge on any atom is -0.369 e. The van der Waals surface area contributed by atoms with Crippen LogP contribution in [0.1, 0.15) is 37.3 Å². The van der Waals surface area contributed by atoms with Crippen molar-refractivity contribution in [1.29, 1.82) is 0 Å². The molecule has 0 atom stereocenters. The molecular weight excluding hydrogens is 388 g/mol. The summed E-state index contributed by atoms with van der Waals surface area (Å²) >= 11 is 1.65. The quantitative estimate of drug-likeness (QED) is 0.301. The van der Waals surface area contributed by atoms with Crippen molar-refractivity contribution in [2.45, 2.75) is 32.6 Å². The Hall–Kier alpha value is -3.23. The molecule has 150 valence electrons. The highest BCUT2D eigenvalue weighted by atomic mass is 32.1. The SMILES string of the molecule is CCCC#Cc1csc2c(NCCCc3ccccc3)nc(-c3ccncc3)nc12. The van der Waals surface area contributed by atoms with Crippen molar-refractivity contribution in [1.82, 2.24) is 15.0 Å². The Morgan fingerprint density at radius 1 is 1.03 bits per heavy atom. The van der Waals surface area contributed by atoms with Gasteiger partial charge in [-0.1, -0.05) is 49.1 Å². The van der Waals surface area contributed by atoms with Crippen LogP contribution >= 0.6 is 11.3 Å². The maximum absolute atomic E-state index is 4.85. The Bertz CT molecular complexity index is 1160. The molecule has 4 aromatic rings. The molecule has 0 saturated heterocycles. The number of pyridine rings is 1. The average molecular weight is 413 g/mol. The molecule has 0 amide bonds. The van der Waals surface area contributed by atoms with Gasteiger partial charge in [-0.15, -0.1) is 11.3 Å². The highest BCUT2D eigenvalue weighted by molar-refractivity contribution is 7.18. The number of rotatable bonds is 7. The number of benzene rings is 1. The molecule has 3 heterocycles. The van der Waals surface area contributed by atoms with Gasteiger partial charge in [0.05, 0.1) is 10.3 Å². The summed E-state index contributed by atoms with van der Waals surface area (Å²) in [5.74, 6) is 8.12. The lowest BCUT2D eigenvalue weighted by Crippen LogP contribution is -2.06. The van der Waals surface area contributed by atoms with Gasteiger partial charge in [-0.25, -0.2) is 9.97 Å². The first kappa shape index (κ1) is 20.1. The number of unbranched alkanes of at least 4 members (excludes halogenated alkanes) is 1. The van der Waals surface area contributed by atoms with E-state index in [1.54, 1.807) is 23.7 Å². The second kappa shape index (κ2) is 10.00. The van der Waals surface area contributed by atoms with E-state index in [9.17, 15) is 0 Å². The molecule has 4 rings (SSSR count). The van der Waals surface area contributed by atoms with Crippen molar-refractivity contribution in [2.75, 3.05) is 11.9 Å². The fourth-order valence-electron chi connectivity index (χ4n) is 3.18. The Labute approximate surface area is 181 Å². The molecule has 30 heavy (non-hydrogen) atoms. The van der Waals surface area contributed by atoms with E-state index < -0.39 is 0 Å². The summed E-state index contributed by atoms with van der Waals surface area (Å²) in [6.45, 7) is 2.99. The second-order valence-corrected chi connectivity index (χ2v) is 7.91. The van der Waals surface area contributed by atoms with Crippen molar-refractivity contribution in [3.05, 3.63) is 71.4 Å². The minimum atomic E-state index is 0.701. The molecule has 1 N–H and O–H groups in total. The first-order valence-corrected chi connectivity index (χ1v) is 11.2. The van der Waals surface area contributed by atoms with Crippen molar-refractivity contribution in [3.63, 3.8) is 0 Å². The third-order valence-electron chi connectivity index (χ3n) is 4.73. The molecule has 4 nitrogen and oxygen atoms in total. The number of hydrogen-bond acceptors (Lipinski definition) is 5. The third kappa shape index (κ3) is 4.84. The molecule has 0 unspecified atom stereocenters.